The third kappa shape index (κ3) is 3.47. The summed E-state index contributed by atoms with van der Waals surface area (Å²) in [6.07, 6.45) is -0.199. The van der Waals surface area contributed by atoms with Gasteiger partial charge in [0.1, 0.15) is 17.9 Å². The minimum Gasteiger partial charge on any atom is -0.444 e. The minimum absolute atomic E-state index is 0.0399. The second-order valence-corrected chi connectivity index (χ2v) is 7.72. The summed E-state index contributed by atoms with van der Waals surface area (Å²) in [4.78, 5) is 27.7. The summed E-state index contributed by atoms with van der Waals surface area (Å²) in [6, 6.07) is 17.1. The van der Waals surface area contributed by atoms with E-state index in [4.69, 9.17) is 9.47 Å². The van der Waals surface area contributed by atoms with Crippen LogP contribution in [-0.4, -0.2) is 36.2 Å². The number of carbonyl (C=O) groups is 2. The fourth-order valence-electron chi connectivity index (χ4n) is 3.52. The molecule has 1 amide bonds. The van der Waals surface area contributed by atoms with E-state index in [1.54, 1.807) is 26.8 Å². The molecule has 0 fully saturated rings. The molecule has 0 saturated heterocycles. The molecule has 0 unspecified atom stereocenters. The van der Waals surface area contributed by atoms with Crippen molar-refractivity contribution in [2.24, 2.45) is 0 Å². The van der Waals surface area contributed by atoms with Crippen LogP contribution in [0.1, 0.15) is 42.3 Å². The molecule has 0 aliphatic heterocycles. The molecule has 0 bridgehead atoms. The summed E-state index contributed by atoms with van der Waals surface area (Å²) in [5.41, 5.74) is 0.615. The quantitative estimate of drug-likeness (QED) is 0.745. The van der Waals surface area contributed by atoms with E-state index in [-0.39, 0.29) is 12.5 Å². The van der Waals surface area contributed by atoms with Crippen molar-refractivity contribution in [3.05, 3.63) is 71.3 Å². The van der Waals surface area contributed by atoms with Crippen molar-refractivity contribution in [3.8, 4) is 0 Å². The number of fused-ring (bicyclic) bond motifs is 1. The third-order valence-electron chi connectivity index (χ3n) is 4.63. The van der Waals surface area contributed by atoms with Crippen LogP contribution in [-0.2, 0) is 21.4 Å². The highest BCUT2D eigenvalue weighted by molar-refractivity contribution is 6.14. The second-order valence-electron chi connectivity index (χ2n) is 7.72. The normalized spacial score (nSPS) is 18.4. The monoisotopic (exact) mass is 367 g/mol. The van der Waals surface area contributed by atoms with Crippen LogP contribution in [0.2, 0.25) is 0 Å². The predicted molar refractivity (Wildman–Crippen MR) is 103 cm³/mol. The molecule has 2 aromatic rings. The smallest absolute Gasteiger partial charge is 0.413 e. The van der Waals surface area contributed by atoms with Crippen molar-refractivity contribution in [1.29, 1.82) is 0 Å². The first-order chi connectivity index (χ1) is 12.8. The molecule has 27 heavy (non-hydrogen) atoms. The van der Waals surface area contributed by atoms with Crippen molar-refractivity contribution >= 4 is 11.9 Å². The zero-order valence-corrected chi connectivity index (χ0v) is 16.2. The largest absolute Gasteiger partial charge is 0.444 e. The van der Waals surface area contributed by atoms with E-state index >= 15 is 0 Å². The van der Waals surface area contributed by atoms with Crippen LogP contribution in [0, 0.1) is 0 Å². The SMILES string of the molecule is COCN(C(=O)OC(C)(C)C)[C@]1(Cc2ccccc2)C(=O)c2ccccc21. The Labute approximate surface area is 159 Å². The Morgan fingerprint density at radius 2 is 1.67 bits per heavy atom. The van der Waals surface area contributed by atoms with Crippen LogP contribution >= 0.6 is 0 Å². The highest BCUT2D eigenvalue weighted by Gasteiger charge is 2.57. The number of ketones is 1. The lowest BCUT2D eigenvalue weighted by molar-refractivity contribution is -0.0429. The van der Waals surface area contributed by atoms with Gasteiger partial charge in [-0.25, -0.2) is 4.79 Å². The van der Waals surface area contributed by atoms with Gasteiger partial charge in [0.15, 0.2) is 5.78 Å². The Kier molecular flexibility index (Phi) is 5.07. The number of hydrogen-bond donors (Lipinski definition) is 0. The summed E-state index contributed by atoms with van der Waals surface area (Å²) in [5.74, 6) is -0.0927. The summed E-state index contributed by atoms with van der Waals surface area (Å²) in [6.45, 7) is 5.37. The molecule has 5 heteroatoms. The molecule has 0 heterocycles. The van der Waals surface area contributed by atoms with E-state index in [2.05, 4.69) is 0 Å². The first-order valence-corrected chi connectivity index (χ1v) is 8.97. The van der Waals surface area contributed by atoms with Gasteiger partial charge in [0.25, 0.3) is 0 Å². The lowest BCUT2D eigenvalue weighted by atomic mass is 9.65. The van der Waals surface area contributed by atoms with Crippen molar-refractivity contribution in [3.63, 3.8) is 0 Å². The molecule has 0 aromatic heterocycles. The van der Waals surface area contributed by atoms with Crippen molar-refractivity contribution in [2.45, 2.75) is 38.3 Å². The van der Waals surface area contributed by atoms with Gasteiger partial charge in [-0.05, 0) is 31.9 Å². The summed E-state index contributed by atoms with van der Waals surface area (Å²) in [7, 11) is 1.50. The maximum atomic E-state index is 13.3. The number of nitrogens with zero attached hydrogens (tertiary/aromatic N) is 1. The Hall–Kier alpha value is -2.66. The van der Waals surface area contributed by atoms with E-state index in [0.717, 1.165) is 11.1 Å². The number of hydrogen-bond acceptors (Lipinski definition) is 4. The van der Waals surface area contributed by atoms with Crippen molar-refractivity contribution in [1.82, 2.24) is 4.90 Å². The molecule has 142 valence electrons. The van der Waals surface area contributed by atoms with Crippen LogP contribution in [0.5, 0.6) is 0 Å². The molecule has 3 rings (SSSR count). The summed E-state index contributed by atoms with van der Waals surface area (Å²) < 4.78 is 10.9. The van der Waals surface area contributed by atoms with E-state index in [1.807, 2.05) is 48.5 Å². The van der Waals surface area contributed by atoms with Gasteiger partial charge < -0.3 is 9.47 Å². The Morgan fingerprint density at radius 3 is 2.30 bits per heavy atom. The van der Waals surface area contributed by atoms with Crippen LogP contribution < -0.4 is 0 Å². The minimum atomic E-state index is -1.13. The van der Waals surface area contributed by atoms with Gasteiger partial charge in [0.2, 0.25) is 0 Å². The van der Waals surface area contributed by atoms with Gasteiger partial charge in [-0.1, -0.05) is 54.6 Å². The van der Waals surface area contributed by atoms with E-state index in [9.17, 15) is 9.59 Å². The van der Waals surface area contributed by atoms with Gasteiger partial charge in [0.05, 0.1) is 0 Å². The van der Waals surface area contributed by atoms with Gasteiger partial charge in [-0.15, -0.1) is 0 Å². The van der Waals surface area contributed by atoms with E-state index < -0.39 is 17.2 Å². The zero-order valence-electron chi connectivity index (χ0n) is 16.2. The number of Topliss-reactive ketones (excluding diaryl/α,β-unsaturated/α-hetero) is 1. The molecule has 0 N–H and O–H groups in total. The van der Waals surface area contributed by atoms with Gasteiger partial charge in [0, 0.05) is 19.1 Å². The Morgan fingerprint density at radius 1 is 1.04 bits per heavy atom. The lowest BCUT2D eigenvalue weighted by Crippen LogP contribution is -2.63. The topological polar surface area (TPSA) is 55.8 Å². The Bertz CT molecular complexity index is 841. The summed E-state index contributed by atoms with van der Waals surface area (Å²) in [5, 5.41) is 0. The van der Waals surface area contributed by atoms with Crippen LogP contribution in [0.15, 0.2) is 54.6 Å². The first-order valence-electron chi connectivity index (χ1n) is 8.97. The number of methoxy groups -OCH3 is 1. The zero-order chi connectivity index (χ0) is 19.7. The lowest BCUT2D eigenvalue weighted by Gasteiger charge is -2.49. The molecule has 0 spiro atoms. The molecular weight excluding hydrogens is 342 g/mol. The number of carbonyl (C=O) groups excluding carboxylic acids is 2. The Balaban J connectivity index is 2.09. The second kappa shape index (κ2) is 7.16. The molecule has 2 aromatic carbocycles. The van der Waals surface area contributed by atoms with Crippen LogP contribution in [0.3, 0.4) is 0 Å². The summed E-state index contributed by atoms with van der Waals surface area (Å²) >= 11 is 0. The average Bonchev–Trinajstić information content (AvgIpc) is 2.63. The maximum Gasteiger partial charge on any atom is 0.413 e. The molecule has 1 atom stereocenters. The van der Waals surface area contributed by atoms with Crippen LogP contribution in [0.4, 0.5) is 4.79 Å². The number of rotatable bonds is 5. The number of amides is 1. The average molecular weight is 367 g/mol. The fraction of sp³-hybridized carbons (Fsp3) is 0.364. The van der Waals surface area contributed by atoms with Gasteiger partial charge in [-0.2, -0.15) is 0 Å². The van der Waals surface area contributed by atoms with E-state index in [0.29, 0.717) is 12.0 Å². The van der Waals surface area contributed by atoms with Crippen molar-refractivity contribution in [2.75, 3.05) is 13.8 Å². The molecule has 0 radical (unpaired) electrons. The van der Waals surface area contributed by atoms with E-state index in [1.165, 1.54) is 12.0 Å². The molecular formula is C22H25NO4. The van der Waals surface area contributed by atoms with Gasteiger partial charge in [-0.3, -0.25) is 9.69 Å². The molecule has 5 nitrogen and oxygen atoms in total. The fourth-order valence-corrected chi connectivity index (χ4v) is 3.52. The number of ether oxygens (including phenoxy) is 2. The number of benzene rings is 2. The van der Waals surface area contributed by atoms with Gasteiger partial charge >= 0.3 is 6.09 Å². The standard InChI is InChI=1S/C22H25NO4/c1-21(2,3)27-20(25)23(15-26-4)22(14-16-10-6-5-7-11-16)18-13-9-8-12-17(18)19(22)24/h5-13H,14-15H2,1-4H3/t22-/m0/s1. The van der Waals surface area contributed by atoms with Crippen LogP contribution in [0.25, 0.3) is 0 Å². The first kappa shape index (κ1) is 19.1. The highest BCUT2D eigenvalue weighted by atomic mass is 16.6. The highest BCUT2D eigenvalue weighted by Crippen LogP contribution is 2.46. The maximum absolute atomic E-state index is 13.3. The molecule has 1 aliphatic rings. The molecule has 1 aliphatic carbocycles. The predicted octanol–water partition coefficient (Wildman–Crippen LogP) is 4.16. The molecule has 0 saturated carbocycles. The third-order valence-corrected chi connectivity index (χ3v) is 4.63. The van der Waals surface area contributed by atoms with Crippen molar-refractivity contribution < 1.29 is 19.1 Å².